The number of amides is 2. The minimum absolute atomic E-state index is 0.0884. The Morgan fingerprint density at radius 2 is 1.88 bits per heavy atom. The number of thioether (sulfide) groups is 1. The zero-order valence-electron chi connectivity index (χ0n) is 22.9. The standard InChI is InChI=1S/C28H37N3O9S/c1-28-9-8-13-14(17(28)4-6-21(28)33)2-3-15-16(13)10-20(32)24(37)25(15)41-12-19(26(38)30-11-23(35)36)31-22(34)7-5-18(29)27(39)40/h10,13-14,17-19,32,37H,2-9,11-12,29H2,1H3,(H,30,38)(H,31,34)(H,35,36)(H,39,40)/t13?,14?,17?,18-,19-,28+/m1/s1. The van der Waals surface area contributed by atoms with Gasteiger partial charge in [0.05, 0.1) is 4.90 Å². The number of benzene rings is 1. The molecule has 0 spiro atoms. The molecule has 224 valence electrons. The number of aromatic hydroxyl groups is 2. The van der Waals surface area contributed by atoms with Crippen molar-refractivity contribution in [1.29, 1.82) is 0 Å². The van der Waals surface area contributed by atoms with Crippen molar-refractivity contribution in [3.63, 3.8) is 0 Å². The fourth-order valence-electron chi connectivity index (χ4n) is 6.91. The lowest BCUT2D eigenvalue weighted by molar-refractivity contribution is -0.139. The van der Waals surface area contributed by atoms with Gasteiger partial charge in [-0.15, -0.1) is 11.8 Å². The van der Waals surface area contributed by atoms with E-state index < -0.39 is 42.4 Å². The van der Waals surface area contributed by atoms with Crippen LogP contribution in [0, 0.1) is 17.3 Å². The molecule has 41 heavy (non-hydrogen) atoms. The maximum atomic E-state index is 12.8. The molecule has 12 nitrogen and oxygen atoms in total. The fourth-order valence-corrected chi connectivity index (χ4v) is 8.11. The summed E-state index contributed by atoms with van der Waals surface area (Å²) in [6.07, 6.45) is 4.03. The minimum Gasteiger partial charge on any atom is -0.504 e. The van der Waals surface area contributed by atoms with Crippen LogP contribution in [-0.4, -0.2) is 74.3 Å². The molecular weight excluding hydrogens is 554 g/mol. The van der Waals surface area contributed by atoms with Gasteiger partial charge in [-0.25, -0.2) is 0 Å². The summed E-state index contributed by atoms with van der Waals surface area (Å²) >= 11 is 1.07. The molecule has 0 aliphatic heterocycles. The van der Waals surface area contributed by atoms with Gasteiger partial charge in [-0.2, -0.15) is 0 Å². The summed E-state index contributed by atoms with van der Waals surface area (Å²) < 4.78 is 0. The summed E-state index contributed by atoms with van der Waals surface area (Å²) in [6.45, 7) is 1.41. The second-order valence-electron chi connectivity index (χ2n) is 11.5. The Bertz CT molecular complexity index is 1250. The van der Waals surface area contributed by atoms with Gasteiger partial charge in [-0.3, -0.25) is 24.0 Å². The SMILES string of the molecule is C[C@]12CCC3c4cc(O)c(O)c(SC[C@@H](NC(=O)CC[C@@H](N)C(=O)O)C(=O)NCC(=O)O)c4CCC3C1CCC2=O. The van der Waals surface area contributed by atoms with Crippen molar-refractivity contribution in [2.45, 2.75) is 81.2 Å². The maximum absolute atomic E-state index is 12.8. The van der Waals surface area contributed by atoms with Crippen molar-refractivity contribution in [3.05, 3.63) is 17.2 Å². The van der Waals surface area contributed by atoms with E-state index in [0.29, 0.717) is 29.4 Å². The number of hydrogen-bond acceptors (Lipinski definition) is 9. The maximum Gasteiger partial charge on any atom is 0.322 e. The molecule has 3 aliphatic rings. The molecule has 6 atom stereocenters. The third-order valence-electron chi connectivity index (χ3n) is 9.11. The zero-order chi connectivity index (χ0) is 30.1. The summed E-state index contributed by atoms with van der Waals surface area (Å²) in [4.78, 5) is 60.3. The van der Waals surface area contributed by atoms with E-state index in [-0.39, 0.29) is 47.3 Å². The van der Waals surface area contributed by atoms with Gasteiger partial charge < -0.3 is 36.8 Å². The van der Waals surface area contributed by atoms with E-state index in [1.807, 2.05) is 0 Å². The number of rotatable bonds is 11. The van der Waals surface area contributed by atoms with Crippen LogP contribution in [0.25, 0.3) is 0 Å². The summed E-state index contributed by atoms with van der Waals surface area (Å²) in [5.41, 5.74) is 6.95. The van der Waals surface area contributed by atoms with Gasteiger partial charge in [0.2, 0.25) is 11.8 Å². The first-order chi connectivity index (χ1) is 19.3. The van der Waals surface area contributed by atoms with E-state index in [1.165, 1.54) is 0 Å². The van der Waals surface area contributed by atoms with E-state index in [4.69, 9.17) is 15.9 Å². The monoisotopic (exact) mass is 591 g/mol. The van der Waals surface area contributed by atoms with E-state index in [0.717, 1.165) is 48.6 Å². The summed E-state index contributed by atoms with van der Waals surface area (Å²) in [5, 5.41) is 44.1. The first-order valence-electron chi connectivity index (χ1n) is 13.8. The number of nitrogens with one attached hydrogen (secondary N) is 2. The topological polar surface area (TPSA) is 216 Å². The van der Waals surface area contributed by atoms with E-state index in [2.05, 4.69) is 17.6 Å². The number of carbonyl (C=O) groups is 5. The Morgan fingerprint density at radius 1 is 1.15 bits per heavy atom. The Kier molecular flexibility index (Phi) is 9.17. The van der Waals surface area contributed by atoms with Crippen molar-refractivity contribution in [2.24, 2.45) is 23.0 Å². The molecule has 8 N–H and O–H groups in total. The summed E-state index contributed by atoms with van der Waals surface area (Å²) in [7, 11) is 0. The highest BCUT2D eigenvalue weighted by molar-refractivity contribution is 7.99. The second kappa shape index (κ2) is 12.3. The number of ketones is 1. The Morgan fingerprint density at radius 3 is 2.56 bits per heavy atom. The molecule has 2 fully saturated rings. The van der Waals surface area contributed by atoms with Crippen LogP contribution in [-0.2, 0) is 30.4 Å². The molecule has 2 saturated carbocycles. The van der Waals surface area contributed by atoms with Gasteiger partial charge in [0, 0.05) is 24.0 Å². The van der Waals surface area contributed by atoms with Crippen LogP contribution in [0.4, 0.5) is 0 Å². The second-order valence-corrected chi connectivity index (χ2v) is 12.5. The third-order valence-corrected chi connectivity index (χ3v) is 10.3. The largest absolute Gasteiger partial charge is 0.504 e. The van der Waals surface area contributed by atoms with Crippen LogP contribution in [0.5, 0.6) is 11.5 Å². The lowest BCUT2D eigenvalue weighted by Crippen LogP contribution is -2.49. The molecule has 0 aromatic heterocycles. The van der Waals surface area contributed by atoms with E-state index >= 15 is 0 Å². The number of aliphatic carboxylic acids is 2. The van der Waals surface area contributed by atoms with Crippen molar-refractivity contribution < 1.29 is 44.4 Å². The van der Waals surface area contributed by atoms with Crippen LogP contribution in [0.2, 0.25) is 0 Å². The predicted octanol–water partition coefficient (Wildman–Crippen LogP) is 1.49. The highest BCUT2D eigenvalue weighted by Crippen LogP contribution is 2.61. The quantitative estimate of drug-likeness (QED) is 0.144. The number of phenolic OH excluding ortho intramolecular Hbond substituents is 2. The van der Waals surface area contributed by atoms with Crippen LogP contribution in [0.15, 0.2) is 11.0 Å². The molecule has 3 unspecified atom stereocenters. The highest BCUT2D eigenvalue weighted by Gasteiger charge is 2.54. The summed E-state index contributed by atoms with van der Waals surface area (Å²) in [6, 6.07) is -0.856. The molecule has 0 bridgehead atoms. The van der Waals surface area contributed by atoms with Gasteiger partial charge in [-0.05, 0) is 73.5 Å². The molecule has 0 radical (unpaired) electrons. The number of fused-ring (bicyclic) bond motifs is 5. The molecule has 2 amide bonds. The number of hydrogen-bond donors (Lipinski definition) is 7. The smallest absolute Gasteiger partial charge is 0.322 e. The average molecular weight is 592 g/mol. The van der Waals surface area contributed by atoms with E-state index in [9.17, 15) is 34.2 Å². The van der Waals surface area contributed by atoms with Gasteiger partial charge in [-0.1, -0.05) is 6.92 Å². The number of Topliss-reactive ketones (excluding diaryl/α,β-unsaturated/α-hetero) is 1. The van der Waals surface area contributed by atoms with Crippen LogP contribution >= 0.6 is 11.8 Å². The average Bonchev–Trinajstić information content (AvgIpc) is 3.23. The highest BCUT2D eigenvalue weighted by atomic mass is 32.2. The molecule has 1 aromatic rings. The number of carboxylic acids is 2. The Labute approximate surface area is 241 Å². The van der Waals surface area contributed by atoms with Crippen molar-refractivity contribution in [2.75, 3.05) is 12.3 Å². The van der Waals surface area contributed by atoms with Crippen molar-refractivity contribution >= 4 is 41.3 Å². The molecular formula is C28H37N3O9S. The predicted molar refractivity (Wildman–Crippen MR) is 148 cm³/mol. The molecule has 0 heterocycles. The zero-order valence-corrected chi connectivity index (χ0v) is 23.7. The fraction of sp³-hybridized carbons (Fsp3) is 0.607. The third kappa shape index (κ3) is 6.30. The lowest BCUT2D eigenvalue weighted by Gasteiger charge is -2.48. The van der Waals surface area contributed by atoms with Crippen LogP contribution in [0.3, 0.4) is 0 Å². The minimum atomic E-state index is -1.27. The Balaban J connectivity index is 1.54. The number of carbonyl (C=O) groups excluding carboxylic acids is 3. The molecule has 1 aromatic carbocycles. The first-order valence-corrected chi connectivity index (χ1v) is 14.8. The number of phenols is 2. The van der Waals surface area contributed by atoms with Crippen LogP contribution in [0.1, 0.15) is 68.9 Å². The van der Waals surface area contributed by atoms with E-state index in [1.54, 1.807) is 6.07 Å². The first kappa shape index (κ1) is 30.6. The molecule has 3 aliphatic carbocycles. The van der Waals surface area contributed by atoms with Gasteiger partial charge in [0.15, 0.2) is 11.5 Å². The van der Waals surface area contributed by atoms with Crippen molar-refractivity contribution in [3.8, 4) is 11.5 Å². The molecule has 13 heteroatoms. The molecule has 4 rings (SSSR count). The molecule has 0 saturated heterocycles. The normalized spacial score (nSPS) is 26.2. The number of carboxylic acid groups (broad SMARTS) is 2. The Hall–Kier alpha value is -3.32. The number of nitrogens with two attached hydrogens (primary N) is 1. The van der Waals surface area contributed by atoms with Crippen molar-refractivity contribution in [1.82, 2.24) is 10.6 Å². The van der Waals surface area contributed by atoms with Gasteiger partial charge in [0.1, 0.15) is 24.4 Å². The summed E-state index contributed by atoms with van der Waals surface area (Å²) in [5.74, 6) is -3.62. The van der Waals surface area contributed by atoms with Gasteiger partial charge >= 0.3 is 11.9 Å². The van der Waals surface area contributed by atoms with Gasteiger partial charge in [0.25, 0.3) is 0 Å². The van der Waals surface area contributed by atoms with Crippen LogP contribution < -0.4 is 16.4 Å². The lowest BCUT2D eigenvalue weighted by atomic mass is 9.55.